The fourth-order valence-corrected chi connectivity index (χ4v) is 4.87. The largest absolute Gasteiger partial charge is 0.506 e. The first-order chi connectivity index (χ1) is 15.0. The lowest BCUT2D eigenvalue weighted by molar-refractivity contribution is -0.121. The third kappa shape index (κ3) is 3.14. The van der Waals surface area contributed by atoms with Gasteiger partial charge in [0.15, 0.2) is 0 Å². The Balaban J connectivity index is 1.59. The van der Waals surface area contributed by atoms with E-state index in [0.29, 0.717) is 23.6 Å². The van der Waals surface area contributed by atoms with Gasteiger partial charge in [0.2, 0.25) is 0 Å². The summed E-state index contributed by atoms with van der Waals surface area (Å²) in [6.07, 6.45) is 7.83. The molecule has 0 unspecified atom stereocenters. The molecule has 31 heavy (non-hydrogen) atoms. The molecule has 8 nitrogen and oxygen atoms in total. The van der Waals surface area contributed by atoms with Gasteiger partial charge in [0.05, 0.1) is 17.8 Å². The summed E-state index contributed by atoms with van der Waals surface area (Å²) >= 11 is 0. The fraction of sp³-hybridized carbons (Fsp3) is 0.348. The van der Waals surface area contributed by atoms with Gasteiger partial charge in [-0.15, -0.1) is 0 Å². The number of nitrogens with zero attached hydrogens (tertiary/aromatic N) is 3. The zero-order valence-corrected chi connectivity index (χ0v) is 17.3. The number of phenols is 1. The summed E-state index contributed by atoms with van der Waals surface area (Å²) in [6, 6.07) is 7.36. The van der Waals surface area contributed by atoms with Crippen molar-refractivity contribution < 1.29 is 14.6 Å². The molecule has 1 saturated carbocycles. The monoisotopic (exact) mass is 419 g/mol. The molecular weight excluding hydrogens is 394 g/mol. The number of hydrogen-bond acceptors (Lipinski definition) is 6. The summed E-state index contributed by atoms with van der Waals surface area (Å²) in [5, 5.41) is 11.1. The summed E-state index contributed by atoms with van der Waals surface area (Å²) < 4.78 is 7.31. The molecule has 5 rings (SSSR count). The predicted octanol–water partition coefficient (Wildman–Crippen LogP) is 3.65. The summed E-state index contributed by atoms with van der Waals surface area (Å²) in [6.45, 7) is 0.451. The minimum Gasteiger partial charge on any atom is -0.506 e. The van der Waals surface area contributed by atoms with Crippen LogP contribution in [0.4, 0.5) is 5.82 Å². The number of H-pyrrole nitrogens is 1. The van der Waals surface area contributed by atoms with Crippen molar-refractivity contribution >= 4 is 28.5 Å². The normalized spacial score (nSPS) is 21.6. The first-order valence-corrected chi connectivity index (χ1v) is 10.4. The van der Waals surface area contributed by atoms with Crippen molar-refractivity contribution in [3.8, 4) is 17.1 Å². The smallest absolute Gasteiger partial charge is 0.150 e. The second-order valence-corrected chi connectivity index (χ2v) is 8.46. The van der Waals surface area contributed by atoms with E-state index in [1.165, 1.54) is 0 Å². The predicted molar refractivity (Wildman–Crippen MR) is 118 cm³/mol. The van der Waals surface area contributed by atoms with E-state index >= 15 is 0 Å². The Bertz CT molecular complexity index is 1270. The van der Waals surface area contributed by atoms with Crippen LogP contribution in [0.1, 0.15) is 37.4 Å². The van der Waals surface area contributed by atoms with Crippen molar-refractivity contribution in [1.29, 1.82) is 0 Å². The van der Waals surface area contributed by atoms with Crippen LogP contribution in [-0.4, -0.2) is 44.5 Å². The topological polar surface area (TPSA) is 119 Å². The van der Waals surface area contributed by atoms with E-state index in [1.54, 1.807) is 19.4 Å². The van der Waals surface area contributed by atoms with Crippen LogP contribution in [0.3, 0.4) is 0 Å². The minimum absolute atomic E-state index is 0.189. The molecule has 1 fully saturated rings. The number of nitrogens with one attached hydrogen (secondary N) is 1. The molecule has 0 amide bonds. The van der Waals surface area contributed by atoms with Gasteiger partial charge in [-0.1, -0.05) is 12.1 Å². The third-order valence-corrected chi connectivity index (χ3v) is 6.53. The van der Waals surface area contributed by atoms with Gasteiger partial charge in [-0.05, 0) is 37.8 Å². The highest BCUT2D eigenvalue weighted by Gasteiger charge is 2.37. The van der Waals surface area contributed by atoms with Crippen LogP contribution in [0.5, 0.6) is 5.75 Å². The number of methoxy groups -OCH3 is 1. The zero-order chi connectivity index (χ0) is 21.6. The molecule has 3 aromatic heterocycles. The Hall–Kier alpha value is -3.39. The number of rotatable bonds is 5. The molecular formula is C23H25N5O3. The van der Waals surface area contributed by atoms with Gasteiger partial charge in [-0.25, -0.2) is 9.97 Å². The number of nitrogen functional groups attached to an aromatic ring is 1. The van der Waals surface area contributed by atoms with E-state index in [4.69, 9.17) is 15.5 Å². The lowest BCUT2D eigenvalue weighted by atomic mass is 9.71. The first-order valence-electron chi connectivity index (χ1n) is 10.4. The second-order valence-electron chi connectivity index (χ2n) is 8.46. The van der Waals surface area contributed by atoms with E-state index in [0.717, 1.165) is 54.4 Å². The van der Waals surface area contributed by atoms with Crippen LogP contribution in [0.25, 0.3) is 27.8 Å². The van der Waals surface area contributed by atoms with Gasteiger partial charge in [0.25, 0.3) is 0 Å². The number of nitrogens with two attached hydrogens (primary N) is 1. The third-order valence-electron chi connectivity index (χ3n) is 6.53. The molecule has 0 spiro atoms. The highest BCUT2D eigenvalue weighted by atomic mass is 16.5. The quantitative estimate of drug-likeness (QED) is 0.425. The molecule has 4 aromatic rings. The van der Waals surface area contributed by atoms with Crippen LogP contribution >= 0.6 is 0 Å². The van der Waals surface area contributed by atoms with E-state index in [1.807, 2.05) is 28.8 Å². The maximum Gasteiger partial charge on any atom is 0.150 e. The van der Waals surface area contributed by atoms with Gasteiger partial charge < -0.3 is 25.4 Å². The number of fused-ring (bicyclic) bond motifs is 2. The molecule has 0 bridgehead atoms. The molecule has 8 heteroatoms. The highest BCUT2D eigenvalue weighted by Crippen LogP contribution is 2.43. The summed E-state index contributed by atoms with van der Waals surface area (Å²) in [5.41, 5.74) is 8.75. The number of aromatic amines is 1. The maximum absolute atomic E-state index is 11.7. The summed E-state index contributed by atoms with van der Waals surface area (Å²) in [4.78, 5) is 24.3. The highest BCUT2D eigenvalue weighted by molar-refractivity contribution is 5.93. The molecule has 3 heterocycles. The molecule has 1 aliphatic rings. The lowest BCUT2D eigenvalue weighted by Crippen LogP contribution is -2.33. The van der Waals surface area contributed by atoms with Crippen molar-refractivity contribution in [2.75, 3.05) is 19.5 Å². The molecule has 0 saturated heterocycles. The fourth-order valence-electron chi connectivity index (χ4n) is 4.87. The first kappa shape index (κ1) is 19.6. The molecule has 1 aliphatic carbocycles. The number of carbonyl (C=O) groups excluding carboxylic acids is 1. The van der Waals surface area contributed by atoms with Crippen molar-refractivity contribution in [1.82, 2.24) is 19.4 Å². The van der Waals surface area contributed by atoms with Crippen LogP contribution in [0, 0.1) is 5.41 Å². The zero-order valence-electron chi connectivity index (χ0n) is 17.3. The van der Waals surface area contributed by atoms with E-state index in [2.05, 4.69) is 9.97 Å². The Labute approximate surface area is 179 Å². The minimum atomic E-state index is -0.406. The van der Waals surface area contributed by atoms with E-state index in [9.17, 15) is 9.90 Å². The lowest BCUT2D eigenvalue weighted by Gasteiger charge is -2.34. The number of aromatic nitrogens is 4. The van der Waals surface area contributed by atoms with Gasteiger partial charge >= 0.3 is 0 Å². The molecule has 0 aliphatic heterocycles. The maximum atomic E-state index is 11.7. The Kier molecular flexibility index (Phi) is 4.66. The van der Waals surface area contributed by atoms with Gasteiger partial charge in [-0.3, -0.25) is 4.40 Å². The van der Waals surface area contributed by atoms with Crippen LogP contribution < -0.4 is 5.73 Å². The summed E-state index contributed by atoms with van der Waals surface area (Å²) in [5.74, 6) is 1.70. The molecule has 1 aromatic carbocycles. The number of aromatic hydroxyl groups is 1. The van der Waals surface area contributed by atoms with Crippen molar-refractivity contribution in [3.63, 3.8) is 0 Å². The molecule has 4 N–H and O–H groups in total. The number of hydrogen-bond donors (Lipinski definition) is 3. The van der Waals surface area contributed by atoms with Crippen molar-refractivity contribution in [2.24, 2.45) is 5.41 Å². The number of phenolic OH excluding ortho intramolecular Hbond substituents is 1. The van der Waals surface area contributed by atoms with Crippen LogP contribution in [-0.2, 0) is 9.53 Å². The average molecular weight is 419 g/mol. The number of carbonyl (C=O) groups is 1. The number of imidazole rings is 1. The number of para-hydroxylation sites is 1. The summed E-state index contributed by atoms with van der Waals surface area (Å²) in [7, 11) is 1.64. The van der Waals surface area contributed by atoms with Crippen LogP contribution in [0.15, 0.2) is 36.7 Å². The van der Waals surface area contributed by atoms with Crippen molar-refractivity contribution in [2.45, 2.75) is 31.6 Å². The molecule has 0 atom stereocenters. The van der Waals surface area contributed by atoms with Crippen molar-refractivity contribution in [3.05, 3.63) is 42.5 Å². The Morgan fingerprint density at radius 2 is 2.19 bits per heavy atom. The van der Waals surface area contributed by atoms with Gasteiger partial charge in [0, 0.05) is 36.2 Å². The van der Waals surface area contributed by atoms with E-state index < -0.39 is 5.41 Å². The van der Waals surface area contributed by atoms with Gasteiger partial charge in [-0.2, -0.15) is 0 Å². The second kappa shape index (κ2) is 7.39. The van der Waals surface area contributed by atoms with E-state index in [-0.39, 0.29) is 11.7 Å². The average Bonchev–Trinajstić information content (AvgIpc) is 3.38. The number of benzene rings is 1. The number of aldehydes is 1. The van der Waals surface area contributed by atoms with Crippen LogP contribution in [0.2, 0.25) is 0 Å². The number of ether oxygens (including phenoxy) is 1. The SMILES string of the molecule is COCC1(C=O)CCC(c2nc(-c3cc4cccc(O)c4[nH]3)c3c(N)nccn23)CC1. The van der Waals surface area contributed by atoms with Gasteiger partial charge in [0.1, 0.15) is 34.9 Å². The molecule has 0 radical (unpaired) electrons. The Morgan fingerprint density at radius 3 is 2.90 bits per heavy atom. The molecule has 160 valence electrons. The Morgan fingerprint density at radius 1 is 1.39 bits per heavy atom. The standard InChI is InChI=1S/C23H25N5O3/c1-31-13-23(12-29)7-5-14(6-8-23)22-27-19(20-21(24)25-9-10-28(20)22)16-11-15-3-2-4-17(30)18(15)26-16/h2-4,9-12,14,26,30H,5-8,13H2,1H3,(H2,24,25). The number of anilines is 1.